The number of H-pyrrole nitrogens is 2. The third-order valence-corrected chi connectivity index (χ3v) is 11.2. The van der Waals surface area contributed by atoms with Gasteiger partial charge >= 0.3 is 6.09 Å². The number of aryl methyl sites for hydroxylation is 1. The van der Waals surface area contributed by atoms with Crippen molar-refractivity contribution in [2.24, 2.45) is 16.7 Å². The van der Waals surface area contributed by atoms with E-state index in [4.69, 9.17) is 4.74 Å². The molecule has 12 heteroatoms. The van der Waals surface area contributed by atoms with E-state index >= 15 is 0 Å². The highest BCUT2D eigenvalue weighted by atomic mass is 16.6. The third kappa shape index (κ3) is 6.79. The second-order valence-corrected chi connectivity index (χ2v) is 14.5. The van der Waals surface area contributed by atoms with Crippen LogP contribution in [0.15, 0.2) is 60.8 Å². The van der Waals surface area contributed by atoms with Gasteiger partial charge in [0.25, 0.3) is 0 Å². The van der Waals surface area contributed by atoms with Crippen LogP contribution in [0, 0.1) is 16.7 Å². The monoisotopic (exact) mass is 654 g/mol. The molecule has 2 fully saturated rings. The van der Waals surface area contributed by atoms with Gasteiger partial charge < -0.3 is 25.7 Å². The van der Waals surface area contributed by atoms with Crippen LogP contribution in [0.2, 0.25) is 0 Å². The van der Waals surface area contributed by atoms with Gasteiger partial charge in [0, 0.05) is 48.3 Å². The molecule has 254 valence electrons. The van der Waals surface area contributed by atoms with Crippen LogP contribution in [0.25, 0.3) is 10.9 Å². The number of fused-ring (bicyclic) bond motifs is 3. The SMILES string of the molecule is CC1(C)[C@H]2CCC1(C)[C@@H](OC(=O)N[C@@](C)(Cc1c[nH]c3ccccc13)C(=O)NC(CNC(=O)CCc1nn[nH]n1)Cc1ccccc1)C2. The van der Waals surface area contributed by atoms with E-state index in [0.717, 1.165) is 41.3 Å². The van der Waals surface area contributed by atoms with Gasteiger partial charge in [0.1, 0.15) is 11.6 Å². The summed E-state index contributed by atoms with van der Waals surface area (Å²) in [7, 11) is 0. The highest BCUT2D eigenvalue weighted by molar-refractivity contribution is 5.92. The Kier molecular flexibility index (Phi) is 9.26. The lowest BCUT2D eigenvalue weighted by atomic mass is 9.70. The van der Waals surface area contributed by atoms with Crippen LogP contribution >= 0.6 is 0 Å². The second kappa shape index (κ2) is 13.4. The number of nitrogens with zero attached hydrogens (tertiary/aromatic N) is 3. The number of rotatable bonds is 13. The molecule has 0 aliphatic heterocycles. The highest BCUT2D eigenvalue weighted by Crippen LogP contribution is 2.66. The minimum atomic E-state index is -1.37. The molecular formula is C36H46N8O4. The van der Waals surface area contributed by atoms with E-state index in [9.17, 15) is 14.4 Å². The van der Waals surface area contributed by atoms with Crippen molar-refractivity contribution in [2.45, 2.75) is 90.3 Å². The standard InChI is InChI=1S/C36H46N8O4/c1-34(2)25-16-17-35(34,3)29(19-25)48-33(47)40-36(4,20-24-21-37-28-13-9-8-12-27(24)28)32(46)39-26(18-23-10-6-5-7-11-23)22-38-31(45)15-14-30-41-43-44-42-30/h5-13,21,25-26,29,37H,14-20,22H2,1-4H3,(H,38,45)(H,39,46)(H,40,47)(H,41,42,43,44)/t25-,26?,29-,35?,36-/m0/s1. The van der Waals surface area contributed by atoms with Crippen LogP contribution in [0.3, 0.4) is 0 Å². The van der Waals surface area contributed by atoms with Crippen molar-refractivity contribution in [2.75, 3.05) is 6.54 Å². The third-order valence-electron chi connectivity index (χ3n) is 11.2. The Morgan fingerprint density at radius 1 is 1.08 bits per heavy atom. The van der Waals surface area contributed by atoms with Crippen LogP contribution in [-0.2, 0) is 33.6 Å². The molecule has 4 aromatic rings. The molecule has 2 saturated carbocycles. The average molecular weight is 655 g/mol. The molecule has 2 aliphatic carbocycles. The maximum absolute atomic E-state index is 14.4. The predicted molar refractivity (Wildman–Crippen MR) is 181 cm³/mol. The molecular weight excluding hydrogens is 608 g/mol. The van der Waals surface area contributed by atoms with Crippen LogP contribution < -0.4 is 16.0 Å². The minimum absolute atomic E-state index is 0.0727. The fourth-order valence-electron chi connectivity index (χ4n) is 7.79. The fourth-order valence-corrected chi connectivity index (χ4v) is 7.79. The van der Waals surface area contributed by atoms with E-state index in [1.165, 1.54) is 0 Å². The minimum Gasteiger partial charge on any atom is -0.446 e. The van der Waals surface area contributed by atoms with Crippen molar-refractivity contribution < 1.29 is 19.1 Å². The van der Waals surface area contributed by atoms with E-state index in [1.54, 1.807) is 6.92 Å². The summed E-state index contributed by atoms with van der Waals surface area (Å²) in [5.41, 5.74) is 1.43. The number of aromatic nitrogens is 5. The molecule has 0 saturated heterocycles. The van der Waals surface area contributed by atoms with Gasteiger partial charge in [-0.05, 0) is 61.1 Å². The summed E-state index contributed by atoms with van der Waals surface area (Å²) in [5.74, 6) is 0.388. The van der Waals surface area contributed by atoms with Crippen molar-refractivity contribution in [3.8, 4) is 0 Å². The van der Waals surface area contributed by atoms with Crippen LogP contribution in [0.1, 0.15) is 70.3 Å². The van der Waals surface area contributed by atoms with E-state index in [0.29, 0.717) is 24.6 Å². The number of ether oxygens (including phenoxy) is 1. The first-order valence-electron chi connectivity index (χ1n) is 16.8. The molecule has 5 N–H and O–H groups in total. The maximum atomic E-state index is 14.4. The molecule has 2 bridgehead atoms. The molecule has 48 heavy (non-hydrogen) atoms. The number of amides is 3. The summed E-state index contributed by atoms with van der Waals surface area (Å²) in [4.78, 5) is 44.1. The summed E-state index contributed by atoms with van der Waals surface area (Å²) >= 11 is 0. The number of benzene rings is 2. The first kappa shape index (κ1) is 33.2. The van der Waals surface area contributed by atoms with Crippen molar-refractivity contribution >= 4 is 28.8 Å². The van der Waals surface area contributed by atoms with Gasteiger partial charge in [0.05, 0.1) is 6.04 Å². The topological polar surface area (TPSA) is 167 Å². The first-order valence-corrected chi connectivity index (χ1v) is 16.8. The van der Waals surface area contributed by atoms with Gasteiger partial charge in [-0.15, -0.1) is 10.2 Å². The van der Waals surface area contributed by atoms with E-state index in [-0.39, 0.29) is 48.1 Å². The molecule has 2 aromatic heterocycles. The number of carbonyl (C=O) groups excluding carboxylic acids is 3. The Balaban J connectivity index is 1.20. The molecule has 0 spiro atoms. The van der Waals surface area contributed by atoms with Crippen molar-refractivity contribution in [1.82, 2.24) is 41.6 Å². The molecule has 2 unspecified atom stereocenters. The lowest BCUT2D eigenvalue weighted by Gasteiger charge is -2.39. The van der Waals surface area contributed by atoms with E-state index < -0.39 is 17.7 Å². The Morgan fingerprint density at radius 2 is 1.85 bits per heavy atom. The number of nitrogens with one attached hydrogen (secondary N) is 5. The lowest BCUT2D eigenvalue weighted by molar-refractivity contribution is -0.128. The quantitative estimate of drug-likeness (QED) is 0.142. The van der Waals surface area contributed by atoms with E-state index in [2.05, 4.69) is 62.3 Å². The van der Waals surface area contributed by atoms with Gasteiger partial charge in [-0.25, -0.2) is 4.79 Å². The fraction of sp³-hybridized carbons (Fsp3) is 0.500. The molecule has 6 rings (SSSR count). The number of carbonyl (C=O) groups is 3. The summed E-state index contributed by atoms with van der Waals surface area (Å²) < 4.78 is 6.16. The Labute approximate surface area is 280 Å². The molecule has 2 heterocycles. The lowest BCUT2D eigenvalue weighted by Crippen LogP contribution is -2.61. The highest BCUT2D eigenvalue weighted by Gasteiger charge is 2.63. The predicted octanol–water partition coefficient (Wildman–Crippen LogP) is 4.40. The number of aromatic amines is 2. The zero-order valence-corrected chi connectivity index (χ0v) is 28.1. The van der Waals surface area contributed by atoms with Gasteiger partial charge in [-0.2, -0.15) is 5.21 Å². The maximum Gasteiger partial charge on any atom is 0.408 e. The number of para-hydroxylation sites is 1. The van der Waals surface area contributed by atoms with Gasteiger partial charge in [-0.3, -0.25) is 9.59 Å². The Hall–Kier alpha value is -4.74. The molecule has 12 nitrogen and oxygen atoms in total. The molecule has 2 aliphatic rings. The van der Waals surface area contributed by atoms with Crippen LogP contribution in [0.5, 0.6) is 0 Å². The second-order valence-electron chi connectivity index (χ2n) is 14.5. The van der Waals surface area contributed by atoms with Crippen molar-refractivity contribution in [3.05, 3.63) is 77.7 Å². The summed E-state index contributed by atoms with van der Waals surface area (Å²) in [6.45, 7) is 8.70. The van der Waals surface area contributed by atoms with Crippen molar-refractivity contribution in [1.29, 1.82) is 0 Å². The number of hydrogen-bond donors (Lipinski definition) is 5. The Morgan fingerprint density at radius 3 is 2.56 bits per heavy atom. The molecule has 5 atom stereocenters. The largest absolute Gasteiger partial charge is 0.446 e. The van der Waals surface area contributed by atoms with Crippen LogP contribution in [-0.4, -0.2) is 67.7 Å². The number of alkyl carbamates (subject to hydrolysis) is 1. The summed E-state index contributed by atoms with van der Waals surface area (Å²) in [6, 6.07) is 17.2. The van der Waals surface area contributed by atoms with Crippen molar-refractivity contribution in [3.63, 3.8) is 0 Å². The summed E-state index contributed by atoms with van der Waals surface area (Å²) in [6.07, 6.45) is 5.25. The molecule has 0 radical (unpaired) electrons. The zero-order valence-electron chi connectivity index (χ0n) is 28.1. The van der Waals surface area contributed by atoms with Crippen LogP contribution in [0.4, 0.5) is 4.79 Å². The smallest absolute Gasteiger partial charge is 0.408 e. The van der Waals surface area contributed by atoms with Gasteiger partial charge in [-0.1, -0.05) is 74.5 Å². The summed E-state index contributed by atoms with van der Waals surface area (Å²) in [5, 5.41) is 23.8. The molecule has 3 amide bonds. The van der Waals surface area contributed by atoms with Gasteiger partial charge in [0.15, 0.2) is 5.82 Å². The Bertz CT molecular complexity index is 1740. The first-order chi connectivity index (χ1) is 23.0. The molecule has 2 aromatic carbocycles. The number of tetrazole rings is 1. The zero-order chi connectivity index (χ0) is 33.9. The van der Waals surface area contributed by atoms with E-state index in [1.807, 2.05) is 60.8 Å². The van der Waals surface area contributed by atoms with Gasteiger partial charge in [0.2, 0.25) is 11.8 Å². The average Bonchev–Trinajstić information content (AvgIpc) is 3.82. The normalized spacial score (nSPS) is 22.9. The number of hydrogen-bond acceptors (Lipinski definition) is 7.